The standard InChI is InChI=1S/C31H47N5O5/c1-6-22-19-34(5)16-17-35(22)30(40)25-11-9-15-36(25)29(39)24(18-21(2)3)32-28(38)23-10-7-8-12-26(23)41-20-27(37)33-31(4)13-14-31/h7-8,10,12,21-22,24-25H,6,9,11,13-20H2,1-5H3,(H,32,38)(H,33,37)/t22-,24-,25-/m1/s1. The molecule has 3 atom stereocenters. The minimum atomic E-state index is -0.781. The molecule has 2 aliphatic heterocycles. The Morgan fingerprint density at radius 2 is 1.80 bits per heavy atom. The third-order valence-electron chi connectivity index (χ3n) is 8.50. The van der Waals surface area contributed by atoms with E-state index in [1.54, 1.807) is 29.2 Å². The summed E-state index contributed by atoms with van der Waals surface area (Å²) in [7, 11) is 2.07. The monoisotopic (exact) mass is 569 g/mol. The summed E-state index contributed by atoms with van der Waals surface area (Å²) in [6, 6.07) is 5.59. The zero-order valence-electron chi connectivity index (χ0n) is 25.3. The summed E-state index contributed by atoms with van der Waals surface area (Å²) in [6.45, 7) is 10.7. The highest BCUT2D eigenvalue weighted by molar-refractivity contribution is 6.00. The minimum Gasteiger partial charge on any atom is -0.483 e. The van der Waals surface area contributed by atoms with Crippen molar-refractivity contribution in [2.45, 2.75) is 89.9 Å². The van der Waals surface area contributed by atoms with E-state index in [1.165, 1.54) is 0 Å². The molecule has 1 saturated carbocycles. The Hall–Kier alpha value is -3.14. The molecule has 10 heteroatoms. The molecule has 0 radical (unpaired) electrons. The van der Waals surface area contributed by atoms with Gasteiger partial charge in [-0.25, -0.2) is 0 Å². The van der Waals surface area contributed by atoms with Gasteiger partial charge in [-0.1, -0.05) is 32.9 Å². The van der Waals surface area contributed by atoms with Crippen LogP contribution >= 0.6 is 0 Å². The van der Waals surface area contributed by atoms with Crippen molar-refractivity contribution in [3.8, 4) is 5.75 Å². The summed E-state index contributed by atoms with van der Waals surface area (Å²) < 4.78 is 5.74. The molecule has 0 aromatic heterocycles. The van der Waals surface area contributed by atoms with Crippen LogP contribution in [0.2, 0.25) is 0 Å². The van der Waals surface area contributed by atoms with Crippen LogP contribution in [0.15, 0.2) is 24.3 Å². The molecule has 0 bridgehead atoms. The highest BCUT2D eigenvalue weighted by Crippen LogP contribution is 2.34. The average Bonchev–Trinajstić information content (AvgIpc) is 3.45. The maximum Gasteiger partial charge on any atom is 0.258 e. The molecule has 41 heavy (non-hydrogen) atoms. The smallest absolute Gasteiger partial charge is 0.258 e. The number of rotatable bonds is 11. The van der Waals surface area contributed by atoms with Gasteiger partial charge in [-0.2, -0.15) is 0 Å². The van der Waals surface area contributed by atoms with E-state index in [0.29, 0.717) is 25.9 Å². The molecule has 1 aromatic carbocycles. The third kappa shape index (κ3) is 7.78. The predicted molar refractivity (Wildman–Crippen MR) is 156 cm³/mol. The number of carbonyl (C=O) groups is 4. The number of nitrogens with one attached hydrogen (secondary N) is 2. The number of piperazine rings is 1. The van der Waals surface area contributed by atoms with Crippen molar-refractivity contribution in [2.75, 3.05) is 39.8 Å². The molecule has 10 nitrogen and oxygen atoms in total. The Bertz CT molecular complexity index is 1120. The van der Waals surface area contributed by atoms with Crippen LogP contribution < -0.4 is 15.4 Å². The fraction of sp³-hybridized carbons (Fsp3) is 0.677. The number of benzene rings is 1. The Balaban J connectivity index is 1.45. The lowest BCUT2D eigenvalue weighted by atomic mass is 10.0. The molecule has 4 rings (SSSR count). The number of hydrogen-bond acceptors (Lipinski definition) is 6. The zero-order valence-corrected chi connectivity index (χ0v) is 25.3. The van der Waals surface area contributed by atoms with E-state index >= 15 is 0 Å². The third-order valence-corrected chi connectivity index (χ3v) is 8.50. The topological polar surface area (TPSA) is 111 Å². The molecule has 226 valence electrons. The summed E-state index contributed by atoms with van der Waals surface area (Å²) in [5, 5.41) is 5.89. The Kier molecular flexibility index (Phi) is 9.94. The van der Waals surface area contributed by atoms with Crippen molar-refractivity contribution in [3.05, 3.63) is 29.8 Å². The van der Waals surface area contributed by atoms with Crippen LogP contribution in [0.25, 0.3) is 0 Å². The lowest BCUT2D eigenvalue weighted by Gasteiger charge is -2.42. The van der Waals surface area contributed by atoms with Crippen molar-refractivity contribution in [1.29, 1.82) is 0 Å². The lowest BCUT2D eigenvalue weighted by Crippen LogP contribution is -2.59. The first-order chi connectivity index (χ1) is 19.5. The molecule has 2 N–H and O–H groups in total. The number of nitrogens with zero attached hydrogens (tertiary/aromatic N) is 3. The maximum absolute atomic E-state index is 13.9. The van der Waals surface area contributed by atoms with Crippen molar-refractivity contribution in [1.82, 2.24) is 25.3 Å². The van der Waals surface area contributed by atoms with Gasteiger partial charge in [0.15, 0.2) is 6.61 Å². The normalized spacial score (nSPS) is 22.8. The van der Waals surface area contributed by atoms with Gasteiger partial charge in [-0.3, -0.25) is 19.2 Å². The lowest BCUT2D eigenvalue weighted by molar-refractivity contribution is -0.148. The number of carbonyl (C=O) groups excluding carboxylic acids is 4. The molecule has 4 amide bonds. The number of amides is 4. The quantitative estimate of drug-likeness (QED) is 0.424. The molecule has 3 aliphatic rings. The highest BCUT2D eigenvalue weighted by Gasteiger charge is 2.42. The highest BCUT2D eigenvalue weighted by atomic mass is 16.5. The molecule has 2 heterocycles. The fourth-order valence-electron chi connectivity index (χ4n) is 5.87. The van der Waals surface area contributed by atoms with E-state index in [1.807, 2.05) is 25.7 Å². The van der Waals surface area contributed by atoms with E-state index in [4.69, 9.17) is 4.74 Å². The number of ether oxygens (including phenoxy) is 1. The largest absolute Gasteiger partial charge is 0.483 e. The SMILES string of the molecule is CC[C@@H]1CN(C)CCN1C(=O)[C@H]1CCCN1C(=O)[C@@H](CC(C)C)NC(=O)c1ccccc1OCC(=O)NC1(C)CC1. The van der Waals surface area contributed by atoms with Gasteiger partial charge in [-0.15, -0.1) is 0 Å². The van der Waals surface area contributed by atoms with Gasteiger partial charge >= 0.3 is 0 Å². The van der Waals surface area contributed by atoms with E-state index in [2.05, 4.69) is 29.5 Å². The Morgan fingerprint density at radius 3 is 2.49 bits per heavy atom. The van der Waals surface area contributed by atoms with Gasteiger partial charge in [0.2, 0.25) is 11.8 Å². The van der Waals surface area contributed by atoms with Gasteiger partial charge in [0.1, 0.15) is 17.8 Å². The van der Waals surface area contributed by atoms with Crippen molar-refractivity contribution < 1.29 is 23.9 Å². The van der Waals surface area contributed by atoms with E-state index in [-0.39, 0.29) is 53.1 Å². The van der Waals surface area contributed by atoms with Gasteiger partial charge in [-0.05, 0) is 70.5 Å². The van der Waals surface area contributed by atoms with Gasteiger partial charge < -0.3 is 30.1 Å². The van der Waals surface area contributed by atoms with E-state index < -0.39 is 18.0 Å². The molecular formula is C31H47N5O5. The second-order valence-electron chi connectivity index (χ2n) is 12.6. The van der Waals surface area contributed by atoms with Crippen LogP contribution in [-0.2, 0) is 14.4 Å². The number of hydrogen-bond donors (Lipinski definition) is 2. The van der Waals surface area contributed by atoms with Crippen molar-refractivity contribution >= 4 is 23.6 Å². The Labute approximate surface area is 244 Å². The summed E-state index contributed by atoms with van der Waals surface area (Å²) in [6.07, 6.45) is 4.59. The molecular weight excluding hydrogens is 522 g/mol. The van der Waals surface area contributed by atoms with E-state index in [9.17, 15) is 19.2 Å². The summed E-state index contributed by atoms with van der Waals surface area (Å²) in [5.41, 5.74) is 0.107. The predicted octanol–water partition coefficient (Wildman–Crippen LogP) is 2.42. The van der Waals surface area contributed by atoms with E-state index in [0.717, 1.165) is 38.8 Å². The van der Waals surface area contributed by atoms with Gasteiger partial charge in [0.05, 0.1) is 5.56 Å². The summed E-state index contributed by atoms with van der Waals surface area (Å²) in [4.78, 5) is 59.4. The van der Waals surface area contributed by atoms with Crippen LogP contribution in [-0.4, -0.2) is 102 Å². The fourth-order valence-corrected chi connectivity index (χ4v) is 5.87. The van der Waals surface area contributed by atoms with Gasteiger partial charge in [0.25, 0.3) is 11.8 Å². The second-order valence-corrected chi connectivity index (χ2v) is 12.6. The maximum atomic E-state index is 13.9. The van der Waals surface area contributed by atoms with Crippen LogP contribution in [0.3, 0.4) is 0 Å². The molecule has 2 saturated heterocycles. The first-order valence-electron chi connectivity index (χ1n) is 15.1. The number of likely N-dealkylation sites (tertiary alicyclic amines) is 1. The second kappa shape index (κ2) is 13.2. The van der Waals surface area contributed by atoms with Gasteiger partial charge in [0, 0.05) is 37.8 Å². The number of para-hydroxylation sites is 1. The summed E-state index contributed by atoms with van der Waals surface area (Å²) in [5.74, 6) is -0.457. The van der Waals surface area contributed by atoms with Crippen LogP contribution in [0.4, 0.5) is 0 Å². The van der Waals surface area contributed by atoms with Crippen LogP contribution in [0.1, 0.15) is 76.6 Å². The summed E-state index contributed by atoms with van der Waals surface area (Å²) >= 11 is 0. The van der Waals surface area contributed by atoms with Crippen molar-refractivity contribution in [3.63, 3.8) is 0 Å². The zero-order chi connectivity index (χ0) is 29.7. The van der Waals surface area contributed by atoms with Crippen molar-refractivity contribution in [2.24, 2.45) is 5.92 Å². The Morgan fingerprint density at radius 1 is 1.07 bits per heavy atom. The average molecular weight is 570 g/mol. The molecule has 1 aromatic rings. The molecule has 1 aliphatic carbocycles. The minimum absolute atomic E-state index is 0.0162. The molecule has 3 fully saturated rings. The molecule has 0 unspecified atom stereocenters. The first kappa shape index (κ1) is 30.8. The van der Waals surface area contributed by atoms with Crippen LogP contribution in [0.5, 0.6) is 5.75 Å². The van der Waals surface area contributed by atoms with Crippen LogP contribution in [0, 0.1) is 5.92 Å². The number of likely N-dealkylation sites (N-methyl/N-ethyl adjacent to an activating group) is 1. The molecule has 0 spiro atoms. The first-order valence-corrected chi connectivity index (χ1v) is 15.1.